The summed E-state index contributed by atoms with van der Waals surface area (Å²) in [6, 6.07) is 5.14. The Kier molecular flexibility index (Phi) is 7.11. The molecule has 114 valence electrons. The lowest BCUT2D eigenvalue weighted by Gasteiger charge is -2.11. The number of likely N-dealkylation sites (N-methyl/N-ethyl adjacent to an activating group) is 1. The van der Waals surface area contributed by atoms with Crippen molar-refractivity contribution in [3.8, 4) is 0 Å². The van der Waals surface area contributed by atoms with E-state index in [1.807, 2.05) is 25.9 Å². The Morgan fingerprint density at radius 3 is 2.60 bits per heavy atom. The number of halogens is 1. The standard InChI is InChI=1S/C13H21BrN2O3S/c1-11-4-5-13(12(14)10-11)20(17,18)15-6-8-19-9-7-16(2)3/h4-5,10,15H,6-9H2,1-3H3. The normalized spacial score (nSPS) is 12.1. The van der Waals surface area contributed by atoms with Crippen molar-refractivity contribution in [2.45, 2.75) is 11.8 Å². The summed E-state index contributed by atoms with van der Waals surface area (Å²) in [6.45, 7) is 3.93. The van der Waals surface area contributed by atoms with Crippen LogP contribution in [0.1, 0.15) is 5.56 Å². The first kappa shape index (κ1) is 17.6. The molecule has 1 aromatic carbocycles. The largest absolute Gasteiger partial charge is 0.379 e. The van der Waals surface area contributed by atoms with Crippen LogP contribution >= 0.6 is 15.9 Å². The van der Waals surface area contributed by atoms with Gasteiger partial charge in [0.25, 0.3) is 0 Å². The van der Waals surface area contributed by atoms with Crippen LogP contribution in [0, 0.1) is 6.92 Å². The smallest absolute Gasteiger partial charge is 0.241 e. The molecule has 0 aromatic heterocycles. The number of rotatable bonds is 8. The van der Waals surface area contributed by atoms with Gasteiger partial charge < -0.3 is 9.64 Å². The SMILES string of the molecule is Cc1ccc(S(=O)(=O)NCCOCCN(C)C)c(Br)c1. The Hall–Kier alpha value is -0.470. The third-order valence-corrected chi connectivity index (χ3v) is 5.04. The van der Waals surface area contributed by atoms with Crippen LogP contribution in [0.25, 0.3) is 0 Å². The molecule has 0 fully saturated rings. The second-order valence-corrected chi connectivity index (χ2v) is 7.34. The lowest BCUT2D eigenvalue weighted by Crippen LogP contribution is -2.28. The first-order chi connectivity index (χ1) is 9.33. The second-order valence-electron chi connectivity index (χ2n) is 4.75. The van der Waals surface area contributed by atoms with Gasteiger partial charge in [-0.1, -0.05) is 6.07 Å². The Labute approximate surface area is 129 Å². The number of hydrogen-bond acceptors (Lipinski definition) is 4. The van der Waals surface area contributed by atoms with Gasteiger partial charge in [-0.05, 0) is 54.6 Å². The van der Waals surface area contributed by atoms with E-state index in [0.717, 1.165) is 12.1 Å². The molecule has 0 saturated heterocycles. The summed E-state index contributed by atoms with van der Waals surface area (Å²) in [7, 11) is 0.420. The first-order valence-electron chi connectivity index (χ1n) is 6.31. The molecule has 0 aliphatic carbocycles. The zero-order valence-corrected chi connectivity index (χ0v) is 14.4. The van der Waals surface area contributed by atoms with Crippen molar-refractivity contribution in [3.05, 3.63) is 28.2 Å². The van der Waals surface area contributed by atoms with E-state index in [4.69, 9.17) is 4.74 Å². The highest BCUT2D eigenvalue weighted by Crippen LogP contribution is 2.22. The Balaban J connectivity index is 2.46. The van der Waals surface area contributed by atoms with Crippen molar-refractivity contribution in [2.24, 2.45) is 0 Å². The summed E-state index contributed by atoms with van der Waals surface area (Å²) in [5.41, 5.74) is 1.00. The van der Waals surface area contributed by atoms with Gasteiger partial charge in [0.2, 0.25) is 10.0 Å². The predicted octanol–water partition coefficient (Wildman–Crippen LogP) is 1.61. The van der Waals surface area contributed by atoms with Crippen molar-refractivity contribution in [1.29, 1.82) is 0 Å². The van der Waals surface area contributed by atoms with E-state index in [2.05, 4.69) is 20.7 Å². The predicted molar refractivity (Wildman–Crippen MR) is 83.4 cm³/mol. The van der Waals surface area contributed by atoms with Gasteiger partial charge in [0, 0.05) is 17.6 Å². The minimum Gasteiger partial charge on any atom is -0.379 e. The van der Waals surface area contributed by atoms with Crippen LogP contribution in [0.5, 0.6) is 0 Å². The van der Waals surface area contributed by atoms with Gasteiger partial charge in [0.05, 0.1) is 18.1 Å². The lowest BCUT2D eigenvalue weighted by atomic mass is 10.2. The molecule has 0 radical (unpaired) electrons. The van der Waals surface area contributed by atoms with E-state index in [1.165, 1.54) is 0 Å². The van der Waals surface area contributed by atoms with Crippen molar-refractivity contribution in [1.82, 2.24) is 9.62 Å². The van der Waals surface area contributed by atoms with E-state index in [0.29, 0.717) is 17.7 Å². The van der Waals surface area contributed by atoms with E-state index in [1.54, 1.807) is 18.2 Å². The molecule has 0 bridgehead atoms. The number of benzene rings is 1. The van der Waals surface area contributed by atoms with Crippen LogP contribution in [0.15, 0.2) is 27.6 Å². The average molecular weight is 365 g/mol. The molecule has 1 N–H and O–H groups in total. The minimum atomic E-state index is -3.50. The quantitative estimate of drug-likeness (QED) is 0.712. The number of aryl methyl sites for hydroxylation is 1. The maximum absolute atomic E-state index is 12.1. The van der Waals surface area contributed by atoms with Crippen molar-refractivity contribution < 1.29 is 13.2 Å². The van der Waals surface area contributed by atoms with Gasteiger partial charge in [-0.15, -0.1) is 0 Å². The van der Waals surface area contributed by atoms with Crippen molar-refractivity contribution in [2.75, 3.05) is 40.4 Å². The number of ether oxygens (including phenoxy) is 1. The highest BCUT2D eigenvalue weighted by atomic mass is 79.9. The summed E-state index contributed by atoms with van der Waals surface area (Å²) < 4.78 is 32.6. The number of sulfonamides is 1. The molecule has 0 spiro atoms. The van der Waals surface area contributed by atoms with E-state index >= 15 is 0 Å². The van der Waals surface area contributed by atoms with E-state index in [-0.39, 0.29) is 11.4 Å². The molecule has 20 heavy (non-hydrogen) atoms. The fourth-order valence-electron chi connectivity index (χ4n) is 1.50. The number of hydrogen-bond donors (Lipinski definition) is 1. The Morgan fingerprint density at radius 2 is 2.00 bits per heavy atom. The van der Waals surface area contributed by atoms with Crippen molar-refractivity contribution in [3.63, 3.8) is 0 Å². The van der Waals surface area contributed by atoms with E-state index in [9.17, 15) is 8.42 Å². The highest BCUT2D eigenvalue weighted by Gasteiger charge is 2.16. The summed E-state index contributed by atoms with van der Waals surface area (Å²) >= 11 is 3.28. The van der Waals surface area contributed by atoms with Gasteiger partial charge in [0.15, 0.2) is 0 Å². The van der Waals surface area contributed by atoms with E-state index < -0.39 is 10.0 Å². The summed E-state index contributed by atoms with van der Waals surface area (Å²) in [5, 5.41) is 0. The van der Waals surface area contributed by atoms with Crippen LogP contribution in [0.2, 0.25) is 0 Å². The lowest BCUT2D eigenvalue weighted by molar-refractivity contribution is 0.122. The molecule has 0 aliphatic rings. The summed E-state index contributed by atoms with van der Waals surface area (Å²) in [6.07, 6.45) is 0. The molecule has 1 aromatic rings. The van der Waals surface area contributed by atoms with Gasteiger partial charge in [0.1, 0.15) is 0 Å². The van der Waals surface area contributed by atoms with Crippen LogP contribution in [-0.2, 0) is 14.8 Å². The molecule has 0 atom stereocenters. The van der Waals surface area contributed by atoms with Crippen LogP contribution in [-0.4, -0.2) is 53.7 Å². The minimum absolute atomic E-state index is 0.247. The van der Waals surface area contributed by atoms with Crippen LogP contribution < -0.4 is 4.72 Å². The van der Waals surface area contributed by atoms with Gasteiger partial charge >= 0.3 is 0 Å². The molecule has 7 heteroatoms. The summed E-state index contributed by atoms with van der Waals surface area (Å²) in [4.78, 5) is 2.25. The van der Waals surface area contributed by atoms with Gasteiger partial charge in [-0.3, -0.25) is 0 Å². The average Bonchev–Trinajstić information content (AvgIpc) is 2.32. The monoisotopic (exact) mass is 364 g/mol. The third kappa shape index (κ3) is 5.88. The molecule has 0 amide bonds. The number of nitrogens with one attached hydrogen (secondary N) is 1. The molecule has 0 heterocycles. The zero-order chi connectivity index (χ0) is 15.2. The highest BCUT2D eigenvalue weighted by molar-refractivity contribution is 9.10. The van der Waals surface area contributed by atoms with Crippen LogP contribution in [0.3, 0.4) is 0 Å². The molecule has 0 unspecified atom stereocenters. The maximum atomic E-state index is 12.1. The Bertz CT molecular complexity index is 532. The molecular formula is C13H21BrN2O3S. The fraction of sp³-hybridized carbons (Fsp3) is 0.538. The van der Waals surface area contributed by atoms with Crippen LogP contribution in [0.4, 0.5) is 0 Å². The van der Waals surface area contributed by atoms with Crippen molar-refractivity contribution >= 4 is 26.0 Å². The number of nitrogens with zero attached hydrogens (tertiary/aromatic N) is 1. The first-order valence-corrected chi connectivity index (χ1v) is 8.59. The topological polar surface area (TPSA) is 58.6 Å². The Morgan fingerprint density at radius 1 is 1.30 bits per heavy atom. The molecule has 0 aliphatic heterocycles. The van der Waals surface area contributed by atoms with Gasteiger partial charge in [-0.25, -0.2) is 13.1 Å². The maximum Gasteiger partial charge on any atom is 0.241 e. The van der Waals surface area contributed by atoms with Gasteiger partial charge in [-0.2, -0.15) is 0 Å². The zero-order valence-electron chi connectivity index (χ0n) is 12.0. The third-order valence-electron chi connectivity index (χ3n) is 2.60. The molecular weight excluding hydrogens is 344 g/mol. The molecule has 0 saturated carbocycles. The molecule has 1 rings (SSSR count). The second kappa shape index (κ2) is 8.09. The molecule has 5 nitrogen and oxygen atoms in total. The fourth-order valence-corrected chi connectivity index (χ4v) is 3.70. The summed E-state index contributed by atoms with van der Waals surface area (Å²) in [5.74, 6) is 0.